The Kier molecular flexibility index (Phi) is 9.52. The van der Waals surface area contributed by atoms with Gasteiger partial charge in [0.25, 0.3) is 15.9 Å². The molecule has 0 atom stereocenters. The van der Waals surface area contributed by atoms with E-state index in [1.165, 1.54) is 30.2 Å². The predicted octanol–water partition coefficient (Wildman–Crippen LogP) is 5.16. The third-order valence-electron chi connectivity index (χ3n) is 5.82. The van der Waals surface area contributed by atoms with Crippen LogP contribution in [-0.4, -0.2) is 39.6 Å². The predicted molar refractivity (Wildman–Crippen MR) is 155 cm³/mol. The number of carbonyl (C=O) groups is 2. The molecule has 2 amide bonds. The molecule has 0 aliphatic heterocycles. The number of carbonyl (C=O) groups excluding carboxylic acids is 2. The fourth-order valence-corrected chi connectivity index (χ4v) is 5.68. The summed E-state index contributed by atoms with van der Waals surface area (Å²) < 4.78 is 39.2. The van der Waals surface area contributed by atoms with E-state index in [2.05, 4.69) is 10.6 Å². The third-order valence-corrected chi connectivity index (χ3v) is 8.35. The maximum absolute atomic E-state index is 13.7. The van der Waals surface area contributed by atoms with Crippen LogP contribution in [0.1, 0.15) is 23.0 Å². The molecule has 9 nitrogen and oxygen atoms in total. The highest BCUT2D eigenvalue weighted by Crippen LogP contribution is 2.27. The van der Waals surface area contributed by atoms with Crippen molar-refractivity contribution >= 4 is 45.0 Å². The van der Waals surface area contributed by atoms with Crippen LogP contribution in [0.4, 0.5) is 11.4 Å². The molecule has 4 aromatic rings. The summed E-state index contributed by atoms with van der Waals surface area (Å²) in [5.74, 6) is 0.116. The van der Waals surface area contributed by atoms with E-state index < -0.39 is 28.4 Å². The molecule has 0 fully saturated rings. The van der Waals surface area contributed by atoms with Gasteiger partial charge in [0.2, 0.25) is 5.91 Å². The van der Waals surface area contributed by atoms with Crippen LogP contribution in [0, 0.1) is 0 Å². The Bertz CT molecular complexity index is 1540. The van der Waals surface area contributed by atoms with E-state index in [-0.39, 0.29) is 28.4 Å². The minimum Gasteiger partial charge on any atom is -0.494 e. The van der Waals surface area contributed by atoms with Gasteiger partial charge in [0.1, 0.15) is 18.1 Å². The van der Waals surface area contributed by atoms with Crippen LogP contribution in [0.3, 0.4) is 0 Å². The van der Waals surface area contributed by atoms with Gasteiger partial charge < -0.3 is 19.8 Å². The second-order valence-electron chi connectivity index (χ2n) is 8.47. The van der Waals surface area contributed by atoms with Crippen molar-refractivity contribution in [1.29, 1.82) is 0 Å². The number of rotatable bonds is 12. The van der Waals surface area contributed by atoms with Crippen molar-refractivity contribution in [3.05, 3.63) is 103 Å². The van der Waals surface area contributed by atoms with Gasteiger partial charge in [-0.3, -0.25) is 13.9 Å². The fourth-order valence-electron chi connectivity index (χ4n) is 3.85. The summed E-state index contributed by atoms with van der Waals surface area (Å²) in [7, 11) is -4.12. The SMILES string of the molecule is CCOc1ccc(N(CC(=O)Nc2ccccc2C(=O)NCc2ccco2)S(=O)(=O)c2ccc(SC)cc2)cc1. The molecule has 0 radical (unpaired) electrons. The summed E-state index contributed by atoms with van der Waals surface area (Å²) in [6, 6.07) is 22.9. The first-order valence-electron chi connectivity index (χ1n) is 12.4. The topological polar surface area (TPSA) is 118 Å². The van der Waals surface area contributed by atoms with Crippen molar-refractivity contribution < 1.29 is 27.2 Å². The summed E-state index contributed by atoms with van der Waals surface area (Å²) >= 11 is 1.49. The number of furan rings is 1. The number of amides is 2. The van der Waals surface area contributed by atoms with Crippen LogP contribution in [0.25, 0.3) is 0 Å². The third kappa shape index (κ3) is 7.04. The Labute approximate surface area is 237 Å². The van der Waals surface area contributed by atoms with Gasteiger partial charge in [-0.15, -0.1) is 11.8 Å². The number of ether oxygens (including phenoxy) is 1. The van der Waals surface area contributed by atoms with Crippen molar-refractivity contribution in [1.82, 2.24) is 5.32 Å². The smallest absolute Gasteiger partial charge is 0.264 e. The molecule has 3 aromatic carbocycles. The van der Waals surface area contributed by atoms with Gasteiger partial charge in [-0.1, -0.05) is 12.1 Å². The van der Waals surface area contributed by atoms with E-state index in [1.807, 2.05) is 13.2 Å². The van der Waals surface area contributed by atoms with Crippen LogP contribution in [0.15, 0.2) is 105 Å². The molecule has 40 heavy (non-hydrogen) atoms. The van der Waals surface area contributed by atoms with Gasteiger partial charge >= 0.3 is 0 Å². The van der Waals surface area contributed by atoms with E-state index in [0.29, 0.717) is 18.1 Å². The fraction of sp³-hybridized carbons (Fsp3) is 0.172. The van der Waals surface area contributed by atoms with Gasteiger partial charge in [0, 0.05) is 4.90 Å². The van der Waals surface area contributed by atoms with Crippen LogP contribution in [-0.2, 0) is 21.4 Å². The average Bonchev–Trinajstić information content (AvgIpc) is 3.49. The number of hydrogen-bond donors (Lipinski definition) is 2. The molecule has 2 N–H and O–H groups in total. The summed E-state index contributed by atoms with van der Waals surface area (Å²) in [4.78, 5) is 27.1. The van der Waals surface area contributed by atoms with Gasteiger partial charge in [0.05, 0.1) is 41.2 Å². The molecule has 0 saturated heterocycles. The Balaban J connectivity index is 1.58. The molecule has 0 unspecified atom stereocenters. The van der Waals surface area contributed by atoms with Crippen molar-refractivity contribution in [2.75, 3.05) is 29.0 Å². The first kappa shape index (κ1) is 28.8. The van der Waals surface area contributed by atoms with Crippen molar-refractivity contribution in [3.8, 4) is 5.75 Å². The van der Waals surface area contributed by atoms with Crippen molar-refractivity contribution in [2.24, 2.45) is 0 Å². The van der Waals surface area contributed by atoms with E-state index in [0.717, 1.165) is 9.20 Å². The highest BCUT2D eigenvalue weighted by Gasteiger charge is 2.28. The molecule has 4 rings (SSSR count). The summed E-state index contributed by atoms with van der Waals surface area (Å²) in [6.45, 7) is 1.96. The zero-order valence-corrected chi connectivity index (χ0v) is 23.6. The quantitative estimate of drug-likeness (QED) is 0.223. The molecule has 0 aliphatic carbocycles. The number of nitrogens with one attached hydrogen (secondary N) is 2. The lowest BCUT2D eigenvalue weighted by Gasteiger charge is -2.24. The number of anilines is 2. The van der Waals surface area contributed by atoms with Crippen molar-refractivity contribution in [3.63, 3.8) is 0 Å². The second kappa shape index (κ2) is 13.2. The molecule has 0 aliphatic rings. The molecule has 1 heterocycles. The molecular weight excluding hydrogens is 550 g/mol. The number of thioether (sulfide) groups is 1. The monoisotopic (exact) mass is 579 g/mol. The summed E-state index contributed by atoms with van der Waals surface area (Å²) in [5, 5.41) is 5.45. The van der Waals surface area contributed by atoms with Gasteiger partial charge in [0.15, 0.2) is 0 Å². The van der Waals surface area contributed by atoms with E-state index >= 15 is 0 Å². The van der Waals surface area contributed by atoms with E-state index in [1.54, 1.807) is 72.8 Å². The molecule has 208 valence electrons. The highest BCUT2D eigenvalue weighted by atomic mass is 32.2. The highest BCUT2D eigenvalue weighted by molar-refractivity contribution is 7.98. The maximum atomic E-state index is 13.7. The van der Waals surface area contributed by atoms with Crippen LogP contribution in [0.5, 0.6) is 5.75 Å². The second-order valence-corrected chi connectivity index (χ2v) is 11.2. The van der Waals surface area contributed by atoms with Crippen LogP contribution < -0.4 is 19.7 Å². The Hall–Kier alpha value is -4.22. The van der Waals surface area contributed by atoms with Gasteiger partial charge in [-0.2, -0.15) is 0 Å². The summed E-state index contributed by atoms with van der Waals surface area (Å²) in [6.07, 6.45) is 3.41. The molecule has 1 aromatic heterocycles. The lowest BCUT2D eigenvalue weighted by Crippen LogP contribution is -2.38. The first-order valence-corrected chi connectivity index (χ1v) is 15.1. The lowest BCUT2D eigenvalue weighted by molar-refractivity contribution is -0.114. The maximum Gasteiger partial charge on any atom is 0.264 e. The minimum absolute atomic E-state index is 0.0460. The standard InChI is InChI=1S/C29H29N3O6S2/c1-3-37-22-12-10-21(11-13-22)32(40(35,36)25-16-14-24(39-2)15-17-25)20-28(33)31-27-9-5-4-8-26(27)29(34)30-19-23-7-6-18-38-23/h4-18H,3,19-20H2,1-2H3,(H,30,34)(H,31,33). The minimum atomic E-state index is -4.12. The molecule has 0 spiro atoms. The number of para-hydroxylation sites is 1. The zero-order chi connectivity index (χ0) is 28.5. The summed E-state index contributed by atoms with van der Waals surface area (Å²) in [5.41, 5.74) is 0.764. The molecular formula is C29H29N3O6S2. The number of benzene rings is 3. The van der Waals surface area contributed by atoms with Crippen LogP contribution in [0.2, 0.25) is 0 Å². The normalized spacial score (nSPS) is 11.1. The van der Waals surface area contributed by atoms with E-state index in [9.17, 15) is 18.0 Å². The first-order chi connectivity index (χ1) is 19.3. The molecule has 0 saturated carbocycles. The molecule has 11 heteroatoms. The van der Waals surface area contributed by atoms with E-state index in [4.69, 9.17) is 9.15 Å². The Morgan fingerprint density at radius 2 is 1.68 bits per heavy atom. The Morgan fingerprint density at radius 1 is 0.950 bits per heavy atom. The largest absolute Gasteiger partial charge is 0.494 e. The molecule has 0 bridgehead atoms. The van der Waals surface area contributed by atoms with Gasteiger partial charge in [-0.05, 0) is 86.0 Å². The number of sulfonamides is 1. The van der Waals surface area contributed by atoms with Crippen LogP contribution >= 0.6 is 11.8 Å². The zero-order valence-electron chi connectivity index (χ0n) is 22.0. The number of hydrogen-bond acceptors (Lipinski definition) is 7. The lowest BCUT2D eigenvalue weighted by atomic mass is 10.1. The Morgan fingerprint density at radius 3 is 2.33 bits per heavy atom. The average molecular weight is 580 g/mol. The van der Waals surface area contributed by atoms with Gasteiger partial charge in [-0.25, -0.2) is 8.42 Å². The van der Waals surface area contributed by atoms with Crippen molar-refractivity contribution in [2.45, 2.75) is 23.3 Å². The number of nitrogens with zero attached hydrogens (tertiary/aromatic N) is 1.